The zero-order valence-corrected chi connectivity index (χ0v) is 65.0. The third-order valence-corrected chi connectivity index (χ3v) is 23.6. The molecule has 1 aromatic rings. The van der Waals surface area contributed by atoms with Gasteiger partial charge in [0.05, 0.1) is 36.8 Å². The van der Waals surface area contributed by atoms with E-state index >= 15 is 38.4 Å². The number of carbonyl (C=O) groups excluding carboxylic acids is 13. The van der Waals surface area contributed by atoms with Crippen LogP contribution in [0.1, 0.15) is 181 Å². The highest BCUT2D eigenvalue weighted by atomic mass is 35.5. The van der Waals surface area contributed by atoms with Crippen LogP contribution in [0.2, 0.25) is 5.02 Å². The van der Waals surface area contributed by atoms with E-state index in [0.717, 1.165) is 54.0 Å². The lowest BCUT2D eigenvalue weighted by atomic mass is 9.84. The summed E-state index contributed by atoms with van der Waals surface area (Å²) in [7, 11) is 11.2. The van der Waals surface area contributed by atoms with Crippen LogP contribution in [0.15, 0.2) is 18.2 Å². The summed E-state index contributed by atoms with van der Waals surface area (Å²) in [5.41, 5.74) is -2.59. The first-order chi connectivity index (χ1) is 50.0. The monoisotopic (exact) mass is 1510 g/mol. The Hall–Kier alpha value is -7.63. The minimum atomic E-state index is -4.80. The second-order valence-electron chi connectivity index (χ2n) is 30.8. The fourth-order valence-corrected chi connectivity index (χ4v) is 16.3. The number of nitrogens with one attached hydrogen (secondary N) is 4. The molecule has 0 aromatic heterocycles. The predicted molar refractivity (Wildman–Crippen MR) is 388 cm³/mol. The molecule has 31 heteroatoms. The number of hydrogen-bond acceptors (Lipinski definition) is 14. The van der Waals surface area contributed by atoms with E-state index in [1.165, 1.54) is 104 Å². The van der Waals surface area contributed by atoms with Gasteiger partial charge in [-0.15, -0.1) is 0 Å². The minimum absolute atomic E-state index is 0.0127. The van der Waals surface area contributed by atoms with Gasteiger partial charge in [0.2, 0.25) is 76.8 Å². The average Bonchev–Trinajstić information content (AvgIpc) is 1.75. The second-order valence-corrected chi connectivity index (χ2v) is 31.2. The Labute approximate surface area is 627 Å². The minimum Gasteiger partial charge on any atom is -0.378 e. The number of nitrogens with zero attached hydrogens (tertiary/aromatic N) is 9. The molecule has 3 aliphatic carbocycles. The third kappa shape index (κ3) is 20.8. The van der Waals surface area contributed by atoms with Crippen LogP contribution in [0.25, 0.3) is 0 Å². The summed E-state index contributed by atoms with van der Waals surface area (Å²) in [6.07, 6.45) is 1.92. The molecule has 10 atom stereocenters. The van der Waals surface area contributed by atoms with Crippen LogP contribution in [-0.4, -0.2) is 277 Å². The van der Waals surface area contributed by atoms with Gasteiger partial charge in [-0.2, -0.15) is 13.2 Å². The summed E-state index contributed by atoms with van der Waals surface area (Å²) < 4.78 is 47.5. The van der Waals surface area contributed by atoms with Gasteiger partial charge in [-0.3, -0.25) is 62.3 Å². The topological polar surface area (TPSA) is 308 Å². The fourth-order valence-electron chi connectivity index (χ4n) is 16.0. The van der Waals surface area contributed by atoms with Crippen molar-refractivity contribution in [1.82, 2.24) is 65.4 Å². The summed E-state index contributed by atoms with van der Waals surface area (Å²) in [6, 6.07) is -8.73. The molecule has 106 heavy (non-hydrogen) atoms. The number of amides is 13. The van der Waals surface area contributed by atoms with Crippen molar-refractivity contribution < 1.29 is 80.2 Å². The highest BCUT2D eigenvalue weighted by Gasteiger charge is 2.52. The first-order valence-corrected chi connectivity index (χ1v) is 38.4. The van der Waals surface area contributed by atoms with Gasteiger partial charge in [0.1, 0.15) is 59.9 Å². The van der Waals surface area contributed by atoms with Crippen molar-refractivity contribution in [3.63, 3.8) is 0 Å². The number of hydrogen-bond donors (Lipinski definition) is 4. The van der Waals surface area contributed by atoms with Gasteiger partial charge in [-0.25, -0.2) is 0 Å². The maximum absolute atomic E-state index is 15.8. The Bertz CT molecular complexity index is 3340. The van der Waals surface area contributed by atoms with Gasteiger partial charge in [-0.05, 0) is 112 Å². The van der Waals surface area contributed by atoms with E-state index in [9.17, 15) is 37.1 Å². The Kier molecular flexibility index (Phi) is 30.7. The van der Waals surface area contributed by atoms with Gasteiger partial charge in [-0.1, -0.05) is 110 Å². The van der Waals surface area contributed by atoms with E-state index < -0.39 is 178 Å². The lowest BCUT2D eigenvalue weighted by Crippen LogP contribution is -2.65. The number of alkyl halides is 3. The Morgan fingerprint density at radius 2 is 1.30 bits per heavy atom. The van der Waals surface area contributed by atoms with Gasteiger partial charge in [0.15, 0.2) is 0 Å². The highest BCUT2D eigenvalue weighted by Crippen LogP contribution is 2.39. The van der Waals surface area contributed by atoms with Crippen LogP contribution >= 0.6 is 11.6 Å². The molecule has 6 aliphatic rings. The summed E-state index contributed by atoms with van der Waals surface area (Å²) in [5, 5.41) is 10.5. The lowest BCUT2D eigenvalue weighted by Gasteiger charge is -2.45. The molecular weight excluding hydrogens is 1400 g/mol. The summed E-state index contributed by atoms with van der Waals surface area (Å²) in [6.45, 7) is 8.84. The Morgan fingerprint density at radius 3 is 1.88 bits per heavy atom. The number of benzene rings is 1. The van der Waals surface area contributed by atoms with E-state index in [1.54, 1.807) is 6.92 Å². The molecular formula is C75H115ClF3N13O14. The number of ether oxygens (including phenoxy) is 1. The van der Waals surface area contributed by atoms with Gasteiger partial charge >= 0.3 is 6.18 Å². The van der Waals surface area contributed by atoms with Crippen molar-refractivity contribution in [2.24, 2.45) is 23.7 Å². The normalized spacial score (nSPS) is 27.2. The van der Waals surface area contributed by atoms with E-state index in [4.69, 9.17) is 16.3 Å². The Balaban J connectivity index is 1.33. The molecule has 13 amide bonds. The lowest BCUT2D eigenvalue weighted by molar-refractivity contribution is -0.160. The summed E-state index contributed by atoms with van der Waals surface area (Å²) in [4.78, 5) is 206. The maximum Gasteiger partial charge on any atom is 0.417 e. The van der Waals surface area contributed by atoms with Crippen LogP contribution < -0.4 is 21.3 Å². The molecule has 3 aliphatic heterocycles. The van der Waals surface area contributed by atoms with Crippen molar-refractivity contribution in [2.45, 2.75) is 242 Å². The summed E-state index contributed by atoms with van der Waals surface area (Å²) in [5.74, 6) is -10.2. The molecule has 27 nitrogen and oxygen atoms in total. The quantitative estimate of drug-likeness (QED) is 0.195. The molecule has 1 aromatic carbocycles. The van der Waals surface area contributed by atoms with Crippen molar-refractivity contribution in [3.8, 4) is 0 Å². The molecule has 3 saturated heterocycles. The molecule has 4 N–H and O–H groups in total. The number of morpholine rings is 1. The molecule has 592 valence electrons. The van der Waals surface area contributed by atoms with Crippen LogP contribution in [0.4, 0.5) is 13.2 Å². The van der Waals surface area contributed by atoms with Crippen molar-refractivity contribution in [2.75, 3.05) is 95.8 Å². The SMILES string of the molecule is CC[C@H](C)[C@@H]1NC(=O)[C@H](CC(C)C)N(C)C(=O)C[C@@H](C(=O)N2CCOCC2)N(C)C(=O)[C@H](C2CCCC2)N(C)C(=O)C2(CCCC2)NC(=O)[C@H](CCC(=O)NC)N(C)C(=O)[C@H](CCc2ccc(C(F)(F)F)c(Cl)c2)NC(=O)CN(C)C(=O)[C@H](CC2CCCCC2)N(C)C(=O)C2CCN2C(=O)[C@H](C)N(C)C1=O. The van der Waals surface area contributed by atoms with Crippen LogP contribution in [0, 0.1) is 23.7 Å². The Morgan fingerprint density at radius 1 is 0.679 bits per heavy atom. The largest absolute Gasteiger partial charge is 0.417 e. The van der Waals surface area contributed by atoms with Crippen LogP contribution in [-0.2, 0) is 79.7 Å². The molecule has 3 saturated carbocycles. The number of carbonyl (C=O) groups is 13. The number of likely N-dealkylation sites (N-methyl/N-ethyl adjacent to an activating group) is 7. The zero-order chi connectivity index (χ0) is 78.4. The number of aryl methyl sites for hydroxylation is 1. The van der Waals surface area contributed by atoms with E-state index in [1.807, 2.05) is 20.8 Å². The van der Waals surface area contributed by atoms with E-state index in [0.29, 0.717) is 44.9 Å². The van der Waals surface area contributed by atoms with Crippen molar-refractivity contribution in [3.05, 3.63) is 34.3 Å². The second kappa shape index (κ2) is 37.9. The molecule has 3 heterocycles. The first-order valence-electron chi connectivity index (χ1n) is 38.0. The first kappa shape index (κ1) is 85.6. The maximum atomic E-state index is 15.8. The van der Waals surface area contributed by atoms with Gasteiger partial charge in [0.25, 0.3) is 0 Å². The average molecular weight is 1520 g/mol. The molecule has 0 bridgehead atoms. The van der Waals surface area contributed by atoms with Gasteiger partial charge in [0, 0.05) is 82.4 Å². The fraction of sp³-hybridized carbons (Fsp3) is 0.747. The summed E-state index contributed by atoms with van der Waals surface area (Å²) >= 11 is 6.18. The van der Waals surface area contributed by atoms with Gasteiger partial charge < -0.3 is 70.1 Å². The molecule has 1 unspecified atom stereocenters. The predicted octanol–water partition coefficient (Wildman–Crippen LogP) is 4.77. The smallest absolute Gasteiger partial charge is 0.378 e. The van der Waals surface area contributed by atoms with Crippen LogP contribution in [0.5, 0.6) is 0 Å². The van der Waals surface area contributed by atoms with E-state index in [2.05, 4.69) is 21.3 Å². The molecule has 1 spiro atoms. The highest BCUT2D eigenvalue weighted by molar-refractivity contribution is 6.31. The number of rotatable bonds is 14. The molecule has 7 rings (SSSR count). The van der Waals surface area contributed by atoms with E-state index in [-0.39, 0.29) is 108 Å². The van der Waals surface area contributed by atoms with Crippen LogP contribution in [0.3, 0.4) is 0 Å². The number of fused-ring (bicyclic) bond motifs is 1. The molecule has 6 fully saturated rings. The number of halogens is 4. The van der Waals surface area contributed by atoms with Crippen molar-refractivity contribution in [1.29, 1.82) is 0 Å². The third-order valence-electron chi connectivity index (χ3n) is 23.2. The zero-order valence-electron chi connectivity index (χ0n) is 64.3. The van der Waals surface area contributed by atoms with Crippen molar-refractivity contribution >= 4 is 88.4 Å². The molecule has 0 radical (unpaired) electrons. The standard InChI is InChI=1S/C75H115ClF3N13O14/c1-14-46(4)62-71(103)85(8)47(5)66(98)92-35-32-55(92)69(101)88(11)57(42-48-22-16-15-17-23-48)68(100)84(7)44-60(94)81-53(29-27-49-26-28-51(52(76)41-49)75(77,78)79)67(99)87(10)54(30-31-59(93)80-6)65(97)83-74(33-20-21-34-74)73(105)90(13)63(50-24-18-19-25-50)72(104)89(12)58(70(102)91-36-38-106-39-37-91)43-61(95)86(9)56(40-45(2)3)64(96)82-62/h26,28,41,45-48,50,53-58,62-63H,14-25,27,29-40,42-44H2,1-13H3,(H,80,93)(H,81,94)(H,82,96)(H,83,97)/t46-,47-,53-,54-,55?,56-,57-,58-,62-,63-/m0/s1.